The quantitative estimate of drug-likeness (QED) is 0.690. The fourth-order valence-corrected chi connectivity index (χ4v) is 3.64. The molecule has 0 aliphatic carbocycles. The number of nitrogens with one attached hydrogen (secondary N) is 1. The average Bonchev–Trinajstić information content (AvgIpc) is 3.01. The van der Waals surface area contributed by atoms with Crippen molar-refractivity contribution < 1.29 is 9.50 Å². The van der Waals surface area contributed by atoms with Crippen molar-refractivity contribution >= 4 is 11.8 Å². The van der Waals surface area contributed by atoms with Gasteiger partial charge in [0.1, 0.15) is 11.6 Å². The van der Waals surface area contributed by atoms with E-state index in [2.05, 4.69) is 25.3 Å². The first-order valence-electron chi connectivity index (χ1n) is 9.82. The summed E-state index contributed by atoms with van der Waals surface area (Å²) in [6, 6.07) is 8.19. The van der Waals surface area contributed by atoms with Crippen LogP contribution in [0.5, 0.6) is 0 Å². The molecule has 0 spiro atoms. The maximum absolute atomic E-state index is 13.2. The van der Waals surface area contributed by atoms with Gasteiger partial charge in [-0.25, -0.2) is 14.1 Å². The molecular formula is C21H25FN6O. The largest absolute Gasteiger partial charge is 0.393 e. The highest BCUT2D eigenvalue weighted by Crippen LogP contribution is 2.21. The Morgan fingerprint density at radius 3 is 2.59 bits per heavy atom. The second kappa shape index (κ2) is 8.16. The Hall–Kier alpha value is -3.00. The van der Waals surface area contributed by atoms with Gasteiger partial charge in [-0.2, -0.15) is 10.1 Å². The fourth-order valence-electron chi connectivity index (χ4n) is 3.64. The number of hydrogen-bond donors (Lipinski definition) is 2. The van der Waals surface area contributed by atoms with Crippen LogP contribution in [0.1, 0.15) is 29.8 Å². The van der Waals surface area contributed by atoms with Crippen molar-refractivity contribution in [2.75, 3.05) is 23.3 Å². The third-order valence-electron chi connectivity index (χ3n) is 5.37. The van der Waals surface area contributed by atoms with E-state index in [1.54, 1.807) is 18.3 Å². The number of rotatable bonds is 5. The van der Waals surface area contributed by atoms with E-state index in [4.69, 9.17) is 0 Å². The molecular weight excluding hydrogens is 371 g/mol. The highest BCUT2D eigenvalue weighted by Gasteiger charge is 2.19. The molecule has 2 aromatic heterocycles. The summed E-state index contributed by atoms with van der Waals surface area (Å²) in [7, 11) is 0. The minimum absolute atomic E-state index is 0.214. The van der Waals surface area contributed by atoms with Gasteiger partial charge in [0.25, 0.3) is 0 Å². The van der Waals surface area contributed by atoms with E-state index < -0.39 is 0 Å². The minimum atomic E-state index is -0.266. The lowest BCUT2D eigenvalue weighted by Crippen LogP contribution is -2.36. The van der Waals surface area contributed by atoms with Crippen molar-refractivity contribution in [3.8, 4) is 5.69 Å². The lowest BCUT2D eigenvalue weighted by molar-refractivity contribution is 0.145. The van der Waals surface area contributed by atoms with E-state index in [0.717, 1.165) is 54.4 Å². The zero-order valence-electron chi connectivity index (χ0n) is 16.6. The van der Waals surface area contributed by atoms with Crippen LogP contribution in [-0.4, -0.2) is 44.0 Å². The molecule has 0 atom stereocenters. The van der Waals surface area contributed by atoms with Crippen molar-refractivity contribution in [1.29, 1.82) is 0 Å². The summed E-state index contributed by atoms with van der Waals surface area (Å²) in [5.41, 5.74) is 3.77. The molecule has 4 rings (SSSR count). The molecule has 2 N–H and O–H groups in total. The number of nitrogens with zero attached hydrogens (tertiary/aromatic N) is 5. The molecule has 0 unspecified atom stereocenters. The molecule has 29 heavy (non-hydrogen) atoms. The predicted octanol–water partition coefficient (Wildman–Crippen LogP) is 2.99. The van der Waals surface area contributed by atoms with Crippen molar-refractivity contribution in [2.45, 2.75) is 39.3 Å². The molecule has 0 bridgehead atoms. The Balaban J connectivity index is 1.48. The summed E-state index contributed by atoms with van der Waals surface area (Å²) < 4.78 is 15.0. The van der Waals surface area contributed by atoms with Crippen LogP contribution in [0.15, 0.2) is 36.5 Å². The second-order valence-corrected chi connectivity index (χ2v) is 7.35. The van der Waals surface area contributed by atoms with Crippen molar-refractivity contribution in [3.63, 3.8) is 0 Å². The standard InChI is InChI=1S/C21H25FN6O/c1-14-19(15(2)28(26-14)17-5-3-16(22)4-6-17)13-24-21-23-10-7-20(25-21)27-11-8-18(29)9-12-27/h3-7,10,18,29H,8-9,11-13H2,1-2H3,(H,23,24,25). The topological polar surface area (TPSA) is 79.1 Å². The number of piperidine rings is 1. The lowest BCUT2D eigenvalue weighted by atomic mass is 10.1. The van der Waals surface area contributed by atoms with Crippen LogP contribution in [0.4, 0.5) is 16.2 Å². The van der Waals surface area contributed by atoms with Gasteiger partial charge in [0, 0.05) is 37.1 Å². The van der Waals surface area contributed by atoms with Gasteiger partial charge in [-0.1, -0.05) is 0 Å². The number of aliphatic hydroxyl groups excluding tert-OH is 1. The molecule has 0 amide bonds. The number of aromatic nitrogens is 4. The van der Waals surface area contributed by atoms with Gasteiger partial charge >= 0.3 is 0 Å². The number of aryl methyl sites for hydroxylation is 1. The fraction of sp³-hybridized carbons (Fsp3) is 0.381. The van der Waals surface area contributed by atoms with Gasteiger partial charge in [0.2, 0.25) is 5.95 Å². The van der Waals surface area contributed by atoms with E-state index >= 15 is 0 Å². The molecule has 1 aliphatic rings. The van der Waals surface area contributed by atoms with Gasteiger partial charge in [0.15, 0.2) is 0 Å². The summed E-state index contributed by atoms with van der Waals surface area (Å²) in [5, 5.41) is 17.6. The Labute approximate surface area is 169 Å². The summed E-state index contributed by atoms with van der Waals surface area (Å²) in [6.45, 7) is 6.08. The number of benzene rings is 1. The summed E-state index contributed by atoms with van der Waals surface area (Å²) in [4.78, 5) is 11.1. The molecule has 0 radical (unpaired) electrons. The highest BCUT2D eigenvalue weighted by molar-refractivity contribution is 5.44. The first-order chi connectivity index (χ1) is 14.0. The van der Waals surface area contributed by atoms with Crippen LogP contribution >= 0.6 is 0 Å². The van der Waals surface area contributed by atoms with Gasteiger partial charge < -0.3 is 15.3 Å². The Kier molecular flexibility index (Phi) is 5.44. The molecule has 152 valence electrons. The normalized spacial score (nSPS) is 15.0. The summed E-state index contributed by atoms with van der Waals surface area (Å²) in [6.07, 6.45) is 3.05. The van der Waals surface area contributed by atoms with E-state index in [9.17, 15) is 9.50 Å². The Morgan fingerprint density at radius 1 is 1.14 bits per heavy atom. The molecule has 7 nitrogen and oxygen atoms in total. The first-order valence-corrected chi connectivity index (χ1v) is 9.82. The average molecular weight is 396 g/mol. The molecule has 0 saturated carbocycles. The molecule has 1 saturated heterocycles. The first kappa shape index (κ1) is 19.3. The van der Waals surface area contributed by atoms with Gasteiger partial charge in [-0.05, 0) is 57.0 Å². The zero-order chi connectivity index (χ0) is 20.4. The van der Waals surface area contributed by atoms with E-state index in [1.807, 2.05) is 24.6 Å². The molecule has 3 aromatic rings. The second-order valence-electron chi connectivity index (χ2n) is 7.35. The Morgan fingerprint density at radius 2 is 1.86 bits per heavy atom. The maximum atomic E-state index is 13.2. The summed E-state index contributed by atoms with van der Waals surface area (Å²) >= 11 is 0. The van der Waals surface area contributed by atoms with Crippen LogP contribution in [0.2, 0.25) is 0 Å². The third-order valence-corrected chi connectivity index (χ3v) is 5.37. The SMILES string of the molecule is Cc1nn(-c2ccc(F)cc2)c(C)c1CNc1nccc(N2CCC(O)CC2)n1. The molecule has 1 aromatic carbocycles. The number of halogens is 1. The predicted molar refractivity (Wildman–Crippen MR) is 110 cm³/mol. The smallest absolute Gasteiger partial charge is 0.224 e. The number of anilines is 2. The van der Waals surface area contributed by atoms with Crippen molar-refractivity contribution in [3.05, 3.63) is 59.3 Å². The number of aliphatic hydroxyl groups is 1. The van der Waals surface area contributed by atoms with Gasteiger partial charge in [0.05, 0.1) is 17.5 Å². The highest BCUT2D eigenvalue weighted by atomic mass is 19.1. The third kappa shape index (κ3) is 4.22. The van der Waals surface area contributed by atoms with Crippen LogP contribution in [-0.2, 0) is 6.54 Å². The lowest BCUT2D eigenvalue weighted by Gasteiger charge is -2.30. The van der Waals surface area contributed by atoms with E-state index in [-0.39, 0.29) is 11.9 Å². The zero-order valence-corrected chi connectivity index (χ0v) is 16.6. The van der Waals surface area contributed by atoms with Crippen molar-refractivity contribution in [1.82, 2.24) is 19.7 Å². The molecule has 1 aliphatic heterocycles. The molecule has 8 heteroatoms. The number of hydrogen-bond acceptors (Lipinski definition) is 6. The Bertz CT molecular complexity index is 979. The minimum Gasteiger partial charge on any atom is -0.393 e. The monoisotopic (exact) mass is 396 g/mol. The summed E-state index contributed by atoms with van der Waals surface area (Å²) in [5.74, 6) is 1.16. The van der Waals surface area contributed by atoms with Gasteiger partial charge in [-0.15, -0.1) is 0 Å². The van der Waals surface area contributed by atoms with Crippen molar-refractivity contribution in [2.24, 2.45) is 0 Å². The van der Waals surface area contributed by atoms with E-state index in [1.165, 1.54) is 12.1 Å². The molecule has 1 fully saturated rings. The van der Waals surface area contributed by atoms with Crippen LogP contribution in [0.25, 0.3) is 5.69 Å². The molecule has 3 heterocycles. The van der Waals surface area contributed by atoms with Crippen LogP contribution in [0.3, 0.4) is 0 Å². The van der Waals surface area contributed by atoms with Gasteiger partial charge in [-0.3, -0.25) is 0 Å². The van der Waals surface area contributed by atoms with Crippen LogP contribution < -0.4 is 10.2 Å². The maximum Gasteiger partial charge on any atom is 0.224 e. The van der Waals surface area contributed by atoms with E-state index in [0.29, 0.717) is 12.5 Å². The van der Waals surface area contributed by atoms with Crippen LogP contribution in [0, 0.1) is 19.7 Å².